The van der Waals surface area contributed by atoms with Gasteiger partial charge in [0.15, 0.2) is 0 Å². The van der Waals surface area contributed by atoms with E-state index >= 15 is 0 Å². The van der Waals surface area contributed by atoms with Crippen molar-refractivity contribution in [3.63, 3.8) is 0 Å². The van der Waals surface area contributed by atoms with Crippen LogP contribution >= 0.6 is 0 Å². The zero-order chi connectivity index (χ0) is 13.2. The van der Waals surface area contributed by atoms with Gasteiger partial charge in [-0.2, -0.15) is 0 Å². The minimum Gasteiger partial charge on any atom is -0.353 e. The van der Waals surface area contributed by atoms with Crippen molar-refractivity contribution in [2.45, 2.75) is 52.1 Å². The van der Waals surface area contributed by atoms with Crippen LogP contribution in [0.5, 0.6) is 0 Å². The van der Waals surface area contributed by atoms with Gasteiger partial charge in [0.1, 0.15) is 5.82 Å². The average Bonchev–Trinajstić information content (AvgIpc) is 3.03. The second-order valence-corrected chi connectivity index (χ2v) is 6.08. The summed E-state index contributed by atoms with van der Waals surface area (Å²) < 4.78 is 0. The van der Waals surface area contributed by atoms with Crippen molar-refractivity contribution in [1.82, 2.24) is 10.3 Å². The Balaban J connectivity index is 1.69. The van der Waals surface area contributed by atoms with Crippen LogP contribution in [0.1, 0.15) is 43.9 Å². The van der Waals surface area contributed by atoms with Gasteiger partial charge in [0, 0.05) is 24.8 Å². The molecular formula is C16H25N3. The molecule has 104 valence electrons. The van der Waals surface area contributed by atoms with E-state index in [9.17, 15) is 0 Å². The summed E-state index contributed by atoms with van der Waals surface area (Å²) in [5, 5.41) is 3.45. The lowest BCUT2D eigenvalue weighted by Crippen LogP contribution is -2.32. The van der Waals surface area contributed by atoms with E-state index < -0.39 is 0 Å². The summed E-state index contributed by atoms with van der Waals surface area (Å²) in [5.74, 6) is 2.13. The van der Waals surface area contributed by atoms with Gasteiger partial charge in [-0.05, 0) is 56.7 Å². The molecule has 1 saturated heterocycles. The minimum atomic E-state index is 0.765. The third-order valence-corrected chi connectivity index (χ3v) is 4.63. The topological polar surface area (TPSA) is 28.2 Å². The van der Waals surface area contributed by atoms with Crippen LogP contribution in [0.15, 0.2) is 12.1 Å². The van der Waals surface area contributed by atoms with Crippen molar-refractivity contribution in [2.24, 2.45) is 5.92 Å². The van der Waals surface area contributed by atoms with E-state index in [1.807, 2.05) is 0 Å². The fourth-order valence-corrected chi connectivity index (χ4v) is 3.53. The van der Waals surface area contributed by atoms with Crippen LogP contribution < -0.4 is 10.2 Å². The SMILES string of the molecule is CCCNCc1ccc(N2CC3CCC2C3)nc1C. The number of rotatable bonds is 5. The average molecular weight is 259 g/mol. The van der Waals surface area contributed by atoms with Crippen LogP contribution in [0.25, 0.3) is 0 Å². The second kappa shape index (κ2) is 5.49. The number of aryl methyl sites for hydroxylation is 1. The maximum absolute atomic E-state index is 4.84. The molecule has 0 spiro atoms. The molecule has 1 N–H and O–H groups in total. The predicted octanol–water partition coefficient (Wildman–Crippen LogP) is 2.88. The van der Waals surface area contributed by atoms with E-state index in [1.54, 1.807) is 0 Å². The van der Waals surface area contributed by atoms with E-state index in [2.05, 4.69) is 36.2 Å². The highest BCUT2D eigenvalue weighted by Gasteiger charge is 2.38. The first-order valence-electron chi connectivity index (χ1n) is 7.71. The number of nitrogens with one attached hydrogen (secondary N) is 1. The number of anilines is 1. The lowest BCUT2D eigenvalue weighted by Gasteiger charge is -2.28. The van der Waals surface area contributed by atoms with Gasteiger partial charge in [0.25, 0.3) is 0 Å². The Morgan fingerprint density at radius 2 is 2.26 bits per heavy atom. The van der Waals surface area contributed by atoms with Crippen molar-refractivity contribution in [3.8, 4) is 0 Å². The van der Waals surface area contributed by atoms with Gasteiger partial charge in [-0.15, -0.1) is 0 Å². The van der Waals surface area contributed by atoms with Gasteiger partial charge < -0.3 is 10.2 Å². The highest BCUT2D eigenvalue weighted by Crippen LogP contribution is 2.39. The predicted molar refractivity (Wildman–Crippen MR) is 79.4 cm³/mol. The van der Waals surface area contributed by atoms with Gasteiger partial charge in [-0.25, -0.2) is 4.98 Å². The van der Waals surface area contributed by atoms with Crippen LogP contribution in [-0.4, -0.2) is 24.1 Å². The maximum Gasteiger partial charge on any atom is 0.129 e. The third kappa shape index (κ3) is 2.62. The number of hydrogen-bond donors (Lipinski definition) is 1. The zero-order valence-corrected chi connectivity index (χ0v) is 12.2. The summed E-state index contributed by atoms with van der Waals surface area (Å²) in [6, 6.07) is 5.24. The summed E-state index contributed by atoms with van der Waals surface area (Å²) >= 11 is 0. The molecule has 3 heteroatoms. The largest absolute Gasteiger partial charge is 0.353 e. The van der Waals surface area contributed by atoms with Crippen LogP contribution in [0.3, 0.4) is 0 Å². The molecule has 2 atom stereocenters. The molecule has 2 fully saturated rings. The Morgan fingerprint density at radius 1 is 1.37 bits per heavy atom. The monoisotopic (exact) mass is 259 g/mol. The highest BCUT2D eigenvalue weighted by atomic mass is 15.2. The Bertz CT molecular complexity index is 444. The van der Waals surface area contributed by atoms with Crippen molar-refractivity contribution < 1.29 is 0 Å². The number of fused-ring (bicyclic) bond motifs is 2. The Morgan fingerprint density at radius 3 is 2.89 bits per heavy atom. The van der Waals surface area contributed by atoms with E-state index in [4.69, 9.17) is 4.98 Å². The first-order valence-corrected chi connectivity index (χ1v) is 7.71. The maximum atomic E-state index is 4.84. The molecule has 1 aromatic heterocycles. The molecule has 3 rings (SSSR count). The fourth-order valence-electron chi connectivity index (χ4n) is 3.53. The molecule has 3 nitrogen and oxygen atoms in total. The van der Waals surface area contributed by atoms with Crippen LogP contribution in [0.2, 0.25) is 0 Å². The van der Waals surface area contributed by atoms with E-state index in [0.29, 0.717) is 0 Å². The smallest absolute Gasteiger partial charge is 0.129 e. The van der Waals surface area contributed by atoms with E-state index in [0.717, 1.165) is 25.0 Å². The molecule has 2 unspecified atom stereocenters. The normalized spacial score (nSPS) is 25.3. The van der Waals surface area contributed by atoms with Crippen LogP contribution in [-0.2, 0) is 6.54 Å². The summed E-state index contributed by atoms with van der Waals surface area (Å²) in [7, 11) is 0. The van der Waals surface area contributed by atoms with E-state index in [1.165, 1.54) is 49.3 Å². The summed E-state index contributed by atoms with van der Waals surface area (Å²) in [5.41, 5.74) is 2.52. The molecular weight excluding hydrogens is 234 g/mol. The minimum absolute atomic E-state index is 0.765. The molecule has 1 aliphatic heterocycles. The molecule has 2 aliphatic rings. The van der Waals surface area contributed by atoms with Crippen molar-refractivity contribution in [1.29, 1.82) is 0 Å². The van der Waals surface area contributed by atoms with Crippen molar-refractivity contribution in [3.05, 3.63) is 23.4 Å². The van der Waals surface area contributed by atoms with E-state index in [-0.39, 0.29) is 0 Å². The lowest BCUT2D eigenvalue weighted by atomic mass is 10.1. The lowest BCUT2D eigenvalue weighted by molar-refractivity contribution is 0.550. The molecule has 0 amide bonds. The number of piperidine rings is 1. The molecule has 2 bridgehead atoms. The third-order valence-electron chi connectivity index (χ3n) is 4.63. The number of nitrogens with zero attached hydrogens (tertiary/aromatic N) is 2. The van der Waals surface area contributed by atoms with Crippen molar-refractivity contribution >= 4 is 5.82 Å². The highest BCUT2D eigenvalue weighted by molar-refractivity contribution is 5.45. The molecule has 0 aromatic carbocycles. The standard InChI is InChI=1S/C16H25N3/c1-3-8-17-10-14-5-7-16(18-12(14)2)19-11-13-4-6-15(19)9-13/h5,7,13,15,17H,3-4,6,8-11H2,1-2H3. The van der Waals surface area contributed by atoms with Gasteiger partial charge in [-0.1, -0.05) is 13.0 Å². The molecule has 2 heterocycles. The molecule has 1 aliphatic carbocycles. The van der Waals surface area contributed by atoms with Gasteiger partial charge in [0.2, 0.25) is 0 Å². The van der Waals surface area contributed by atoms with Gasteiger partial charge in [-0.3, -0.25) is 0 Å². The summed E-state index contributed by atoms with van der Waals surface area (Å²) in [6.07, 6.45) is 5.37. The first-order chi connectivity index (χ1) is 9.28. The molecule has 0 radical (unpaired) electrons. The summed E-state index contributed by atoms with van der Waals surface area (Å²) in [6.45, 7) is 7.59. The summed E-state index contributed by atoms with van der Waals surface area (Å²) in [4.78, 5) is 7.37. The van der Waals surface area contributed by atoms with Crippen LogP contribution in [0, 0.1) is 12.8 Å². The first kappa shape index (κ1) is 12.9. The molecule has 1 saturated carbocycles. The molecule has 1 aromatic rings. The Kier molecular flexibility index (Phi) is 3.74. The molecule has 19 heavy (non-hydrogen) atoms. The fraction of sp³-hybridized carbons (Fsp3) is 0.688. The second-order valence-electron chi connectivity index (χ2n) is 6.08. The van der Waals surface area contributed by atoms with Gasteiger partial charge in [0.05, 0.1) is 0 Å². The number of pyridine rings is 1. The Labute approximate surface area is 116 Å². The quantitative estimate of drug-likeness (QED) is 0.824. The van der Waals surface area contributed by atoms with Gasteiger partial charge >= 0.3 is 0 Å². The number of aromatic nitrogens is 1. The van der Waals surface area contributed by atoms with Crippen molar-refractivity contribution in [2.75, 3.05) is 18.0 Å². The number of hydrogen-bond acceptors (Lipinski definition) is 3. The van der Waals surface area contributed by atoms with Crippen LogP contribution in [0.4, 0.5) is 5.82 Å². The zero-order valence-electron chi connectivity index (χ0n) is 12.2. The Hall–Kier alpha value is -1.09.